The number of alkyl halides is 3. The van der Waals surface area contributed by atoms with E-state index < -0.39 is 11.7 Å². The van der Waals surface area contributed by atoms with E-state index in [1.165, 1.54) is 5.56 Å². The summed E-state index contributed by atoms with van der Waals surface area (Å²) >= 11 is 0. The quantitative estimate of drug-likeness (QED) is 0.159. The van der Waals surface area contributed by atoms with E-state index in [1.807, 2.05) is 42.5 Å². The second kappa shape index (κ2) is 13.8. The highest BCUT2D eigenvalue weighted by molar-refractivity contribution is 6.29. The molecule has 0 bridgehead atoms. The first kappa shape index (κ1) is 35.6. The first-order valence-electron chi connectivity index (χ1n) is 20.0. The topological polar surface area (TPSA) is 17.8 Å². The summed E-state index contributed by atoms with van der Waals surface area (Å²) in [4.78, 5) is 5.21. The van der Waals surface area contributed by atoms with E-state index in [9.17, 15) is 13.2 Å². The molecule has 0 fully saturated rings. The van der Waals surface area contributed by atoms with E-state index in [0.29, 0.717) is 0 Å². The lowest BCUT2D eigenvalue weighted by Crippen LogP contribution is -2.03. The number of rotatable bonds is 5. The van der Waals surface area contributed by atoms with Crippen LogP contribution in [0.1, 0.15) is 11.1 Å². The first-order chi connectivity index (χ1) is 29.3. The predicted molar refractivity (Wildman–Crippen MR) is 243 cm³/mol. The molecule has 11 rings (SSSR count). The lowest BCUT2D eigenvalue weighted by molar-refractivity contribution is -0.137. The van der Waals surface area contributed by atoms with Gasteiger partial charge in [-0.15, -0.1) is 0 Å². The van der Waals surface area contributed by atoms with Crippen molar-refractivity contribution < 1.29 is 13.2 Å². The number of aryl methyl sites for hydroxylation is 1. The highest BCUT2D eigenvalue weighted by Gasteiger charge is 2.30. The Labute approximate surface area is 344 Å². The van der Waals surface area contributed by atoms with E-state index in [2.05, 4.69) is 139 Å². The molecule has 5 heteroatoms. The average Bonchev–Trinajstić information content (AvgIpc) is 3.61. The van der Waals surface area contributed by atoms with Crippen LogP contribution in [0.15, 0.2) is 194 Å². The summed E-state index contributed by atoms with van der Waals surface area (Å²) in [7, 11) is 0. The molecule has 0 amide bonds. The van der Waals surface area contributed by atoms with Crippen molar-refractivity contribution in [1.82, 2.24) is 9.55 Å². The number of benzene rings is 9. The van der Waals surface area contributed by atoms with Gasteiger partial charge in [0.2, 0.25) is 0 Å². The van der Waals surface area contributed by atoms with Crippen LogP contribution in [-0.2, 0) is 6.18 Å². The largest absolute Gasteiger partial charge is 0.416 e. The second-order valence-corrected chi connectivity index (χ2v) is 15.6. The fraction of sp³-hybridized carbons (Fsp3) is 0.0364. The fourth-order valence-corrected chi connectivity index (χ4v) is 8.86. The number of fused-ring (bicyclic) bond motifs is 9. The Morgan fingerprint density at radius 2 is 0.833 bits per heavy atom. The SMILES string of the molecule is Cc1ccc(-c2ccc3c(c2)c2cc4c5ccccc5c5ccc(-c6ccc(C(F)(F)F)cc6)cc5c4cc2n3-c2cc(-c3ccccc3)nc(-c3ccccc3)c2)cc1. The molecule has 9 aromatic carbocycles. The predicted octanol–water partition coefficient (Wildman–Crippen LogP) is 15.6. The molecular weight excluding hydrogens is 746 g/mol. The Hall–Kier alpha value is -7.50. The maximum atomic E-state index is 13.5. The summed E-state index contributed by atoms with van der Waals surface area (Å²) in [5.41, 5.74) is 11.3. The number of hydrogen-bond donors (Lipinski definition) is 0. The highest BCUT2D eigenvalue weighted by atomic mass is 19.4. The summed E-state index contributed by atoms with van der Waals surface area (Å²) in [6.45, 7) is 2.11. The number of aromatic nitrogens is 2. The van der Waals surface area contributed by atoms with Crippen LogP contribution in [0.5, 0.6) is 0 Å². The van der Waals surface area contributed by atoms with Crippen LogP contribution in [0.25, 0.3) is 105 Å². The molecule has 0 unspecified atom stereocenters. The molecule has 60 heavy (non-hydrogen) atoms. The van der Waals surface area contributed by atoms with Crippen molar-refractivity contribution in [2.24, 2.45) is 0 Å². The number of hydrogen-bond acceptors (Lipinski definition) is 1. The van der Waals surface area contributed by atoms with Gasteiger partial charge in [-0.1, -0.05) is 145 Å². The highest BCUT2D eigenvalue weighted by Crippen LogP contribution is 2.44. The smallest absolute Gasteiger partial charge is 0.309 e. The van der Waals surface area contributed by atoms with Gasteiger partial charge >= 0.3 is 6.18 Å². The molecular formula is C55H35F3N2. The maximum Gasteiger partial charge on any atom is 0.416 e. The molecule has 0 aliphatic heterocycles. The van der Waals surface area contributed by atoms with Gasteiger partial charge in [0.15, 0.2) is 0 Å². The van der Waals surface area contributed by atoms with E-state index in [4.69, 9.17) is 4.98 Å². The number of pyridine rings is 1. The van der Waals surface area contributed by atoms with Crippen molar-refractivity contribution in [3.05, 3.63) is 205 Å². The molecule has 0 saturated heterocycles. The lowest BCUT2D eigenvalue weighted by Gasteiger charge is -2.15. The van der Waals surface area contributed by atoms with Crippen molar-refractivity contribution in [2.45, 2.75) is 13.1 Å². The van der Waals surface area contributed by atoms with Crippen LogP contribution in [0.3, 0.4) is 0 Å². The van der Waals surface area contributed by atoms with Crippen LogP contribution in [0.2, 0.25) is 0 Å². The summed E-state index contributed by atoms with van der Waals surface area (Å²) in [6, 6.07) is 65.2. The third-order valence-electron chi connectivity index (χ3n) is 11.9. The number of nitrogens with zero attached hydrogens (tertiary/aromatic N) is 2. The summed E-state index contributed by atoms with van der Waals surface area (Å²) in [5.74, 6) is 0. The van der Waals surface area contributed by atoms with Gasteiger partial charge in [-0.2, -0.15) is 13.2 Å². The third-order valence-corrected chi connectivity index (χ3v) is 11.9. The van der Waals surface area contributed by atoms with Gasteiger partial charge in [-0.3, -0.25) is 0 Å². The van der Waals surface area contributed by atoms with Gasteiger partial charge in [0.05, 0.1) is 33.7 Å². The van der Waals surface area contributed by atoms with Crippen LogP contribution in [0, 0.1) is 6.92 Å². The van der Waals surface area contributed by atoms with Crippen molar-refractivity contribution in [1.29, 1.82) is 0 Å². The molecule has 11 aromatic rings. The standard InChI is InChI=1S/C55H35F3N2/c1-34-16-18-35(19-17-34)40-23-27-53-49(29-40)50-32-47-44-15-9-8-14-43(44)45-26-22-39(36-20-24-41(25-21-36)55(56,57)58)28-46(45)48(47)33-54(50)60(53)42-30-51(37-10-4-2-5-11-37)59-52(31-42)38-12-6-3-7-13-38/h2-33H,1H3. The Morgan fingerprint density at radius 3 is 1.45 bits per heavy atom. The molecule has 0 N–H and O–H groups in total. The molecule has 2 aromatic heterocycles. The van der Waals surface area contributed by atoms with E-state index in [1.54, 1.807) is 12.1 Å². The molecule has 0 saturated carbocycles. The summed E-state index contributed by atoms with van der Waals surface area (Å²) < 4.78 is 43.0. The van der Waals surface area contributed by atoms with Gasteiger partial charge in [-0.05, 0) is 116 Å². The van der Waals surface area contributed by atoms with E-state index in [0.717, 1.165) is 117 Å². The minimum absolute atomic E-state index is 0.661. The molecule has 0 spiro atoms. The zero-order valence-electron chi connectivity index (χ0n) is 32.5. The fourth-order valence-electron chi connectivity index (χ4n) is 8.86. The van der Waals surface area contributed by atoms with Crippen molar-refractivity contribution in [3.63, 3.8) is 0 Å². The second-order valence-electron chi connectivity index (χ2n) is 15.6. The van der Waals surface area contributed by atoms with Crippen LogP contribution in [-0.4, -0.2) is 9.55 Å². The zero-order chi connectivity index (χ0) is 40.5. The lowest BCUT2D eigenvalue weighted by atomic mass is 9.91. The minimum Gasteiger partial charge on any atom is -0.309 e. The maximum absolute atomic E-state index is 13.5. The molecule has 2 nitrogen and oxygen atoms in total. The van der Waals surface area contributed by atoms with Crippen LogP contribution >= 0.6 is 0 Å². The molecule has 286 valence electrons. The van der Waals surface area contributed by atoms with Crippen molar-refractivity contribution in [2.75, 3.05) is 0 Å². The molecule has 2 heterocycles. The monoisotopic (exact) mass is 780 g/mol. The van der Waals surface area contributed by atoms with Gasteiger partial charge in [-0.25, -0.2) is 4.98 Å². The zero-order valence-corrected chi connectivity index (χ0v) is 32.5. The van der Waals surface area contributed by atoms with Gasteiger partial charge in [0.1, 0.15) is 0 Å². The Morgan fingerprint density at radius 1 is 0.367 bits per heavy atom. The molecule has 0 aliphatic rings. The Kier molecular flexibility index (Phi) is 8.21. The van der Waals surface area contributed by atoms with Gasteiger partial charge in [0.25, 0.3) is 0 Å². The van der Waals surface area contributed by atoms with E-state index >= 15 is 0 Å². The summed E-state index contributed by atoms with van der Waals surface area (Å²) in [5, 5.41) is 8.80. The third kappa shape index (κ3) is 6.01. The van der Waals surface area contributed by atoms with Crippen molar-refractivity contribution >= 4 is 54.1 Å². The van der Waals surface area contributed by atoms with E-state index in [-0.39, 0.29) is 0 Å². The van der Waals surface area contributed by atoms with Gasteiger partial charge in [0, 0.05) is 21.9 Å². The average molecular weight is 781 g/mol. The molecule has 0 radical (unpaired) electrons. The Balaban J connectivity index is 1.24. The number of halogens is 3. The molecule has 0 atom stereocenters. The molecule has 0 aliphatic carbocycles. The van der Waals surface area contributed by atoms with Crippen LogP contribution < -0.4 is 0 Å². The normalized spacial score (nSPS) is 12.0. The van der Waals surface area contributed by atoms with Crippen LogP contribution in [0.4, 0.5) is 13.2 Å². The minimum atomic E-state index is -4.40. The first-order valence-corrected chi connectivity index (χ1v) is 20.0. The Bertz CT molecular complexity index is 3380. The van der Waals surface area contributed by atoms with Crippen molar-refractivity contribution in [3.8, 4) is 50.5 Å². The van der Waals surface area contributed by atoms with Gasteiger partial charge < -0.3 is 4.57 Å². The summed E-state index contributed by atoms with van der Waals surface area (Å²) in [6.07, 6.45) is -4.40.